The molecule has 0 bridgehead atoms. The highest BCUT2D eigenvalue weighted by Crippen LogP contribution is 2.08. The zero-order valence-electron chi connectivity index (χ0n) is 7.77. The number of carbonyl (C=O) groups excluding carboxylic acids is 1. The molecule has 0 unspecified atom stereocenters. The van der Waals surface area contributed by atoms with Crippen LogP contribution in [0.4, 0.5) is 10.5 Å². The molecule has 0 atom stereocenters. The lowest BCUT2D eigenvalue weighted by Gasteiger charge is -2.00. The third-order valence-electron chi connectivity index (χ3n) is 1.50. The molecule has 0 saturated carbocycles. The Hall–Kier alpha value is -2.55. The smallest absolute Gasteiger partial charge is 0.348 e. The van der Waals surface area contributed by atoms with E-state index in [0.717, 1.165) is 0 Å². The number of nitrogens with one attached hydrogen (secondary N) is 1. The lowest BCUT2D eigenvalue weighted by molar-refractivity contribution is 0.259. The van der Waals surface area contributed by atoms with E-state index in [1.54, 1.807) is 24.3 Å². The molecule has 76 valence electrons. The second-order valence-electron chi connectivity index (χ2n) is 2.66. The van der Waals surface area contributed by atoms with Crippen LogP contribution < -0.4 is 16.8 Å². The number of hydrogen-bond donors (Lipinski definition) is 3. The van der Waals surface area contributed by atoms with E-state index < -0.39 is 6.03 Å². The Balaban J connectivity index is 2.70. The molecule has 0 aliphatic heterocycles. The number of hydrogen-bond acceptors (Lipinski definition) is 2. The fourth-order valence-electron chi connectivity index (χ4n) is 0.897. The van der Waals surface area contributed by atoms with Gasteiger partial charge in [-0.05, 0) is 24.3 Å². The Labute approximate surface area is 86.2 Å². The Bertz CT molecular complexity index is 425. The molecule has 0 radical (unpaired) electrons. The second-order valence-corrected chi connectivity index (χ2v) is 2.66. The summed E-state index contributed by atoms with van der Waals surface area (Å²) in [6, 6.07) is 7.62. The van der Waals surface area contributed by atoms with E-state index in [-0.39, 0.29) is 5.96 Å². The van der Waals surface area contributed by atoms with E-state index in [0.29, 0.717) is 11.3 Å². The summed E-state index contributed by atoms with van der Waals surface area (Å²) in [5.74, 6) is -0.304. The van der Waals surface area contributed by atoms with Crippen molar-refractivity contribution in [1.29, 1.82) is 5.26 Å². The van der Waals surface area contributed by atoms with Crippen molar-refractivity contribution in [3.63, 3.8) is 0 Å². The SMILES string of the molecule is N#Cc1ccc(NC(=O)N=C(N)N)cc1. The molecule has 0 aromatic heterocycles. The minimum absolute atomic E-state index is 0.304. The summed E-state index contributed by atoms with van der Waals surface area (Å²) < 4.78 is 0. The molecule has 1 aromatic carbocycles. The Morgan fingerprint density at radius 2 is 1.93 bits per heavy atom. The minimum Gasteiger partial charge on any atom is -0.370 e. The molecule has 0 fully saturated rings. The number of nitriles is 1. The maximum Gasteiger partial charge on any atom is 0.348 e. The summed E-state index contributed by atoms with van der Waals surface area (Å²) in [6.07, 6.45) is 0. The van der Waals surface area contributed by atoms with Gasteiger partial charge in [0.2, 0.25) is 0 Å². The number of carbonyl (C=O) groups is 1. The van der Waals surface area contributed by atoms with Gasteiger partial charge in [-0.25, -0.2) is 4.79 Å². The molecule has 5 N–H and O–H groups in total. The molecule has 2 amide bonds. The predicted molar refractivity (Wildman–Crippen MR) is 56.0 cm³/mol. The van der Waals surface area contributed by atoms with Crippen LogP contribution in [-0.4, -0.2) is 12.0 Å². The van der Waals surface area contributed by atoms with Crippen LogP contribution in [0.15, 0.2) is 29.3 Å². The summed E-state index contributed by atoms with van der Waals surface area (Å²) in [5.41, 5.74) is 11.1. The molecule has 0 saturated heterocycles. The van der Waals surface area contributed by atoms with Crippen LogP contribution in [0.1, 0.15) is 5.56 Å². The van der Waals surface area contributed by atoms with E-state index in [9.17, 15) is 4.79 Å². The molecule has 0 heterocycles. The van der Waals surface area contributed by atoms with Crippen LogP contribution in [0, 0.1) is 11.3 Å². The molecule has 15 heavy (non-hydrogen) atoms. The van der Waals surface area contributed by atoms with E-state index >= 15 is 0 Å². The molecule has 6 nitrogen and oxygen atoms in total. The topological polar surface area (TPSA) is 117 Å². The van der Waals surface area contributed by atoms with Gasteiger partial charge in [0.1, 0.15) is 0 Å². The van der Waals surface area contributed by atoms with Crippen LogP contribution in [0.2, 0.25) is 0 Å². The maximum absolute atomic E-state index is 11.1. The van der Waals surface area contributed by atoms with Gasteiger partial charge in [0, 0.05) is 5.69 Å². The molecular formula is C9H9N5O. The van der Waals surface area contributed by atoms with E-state index in [2.05, 4.69) is 10.3 Å². The largest absolute Gasteiger partial charge is 0.370 e. The molecular weight excluding hydrogens is 194 g/mol. The van der Waals surface area contributed by atoms with Crippen molar-refractivity contribution in [1.82, 2.24) is 0 Å². The van der Waals surface area contributed by atoms with Crippen LogP contribution in [-0.2, 0) is 0 Å². The minimum atomic E-state index is -0.653. The lowest BCUT2D eigenvalue weighted by atomic mass is 10.2. The number of aliphatic imine (C=N–C) groups is 1. The third kappa shape index (κ3) is 3.36. The first-order valence-electron chi connectivity index (χ1n) is 4.02. The summed E-state index contributed by atoms with van der Waals surface area (Å²) in [4.78, 5) is 14.3. The van der Waals surface area contributed by atoms with Gasteiger partial charge >= 0.3 is 6.03 Å². The third-order valence-corrected chi connectivity index (χ3v) is 1.50. The first-order valence-corrected chi connectivity index (χ1v) is 4.02. The van der Waals surface area contributed by atoms with Gasteiger partial charge in [0.25, 0.3) is 0 Å². The summed E-state index contributed by atoms with van der Waals surface area (Å²) in [6.45, 7) is 0. The number of nitrogens with two attached hydrogens (primary N) is 2. The van der Waals surface area contributed by atoms with Gasteiger partial charge in [-0.2, -0.15) is 10.3 Å². The van der Waals surface area contributed by atoms with Crippen molar-refractivity contribution in [3.8, 4) is 6.07 Å². The van der Waals surface area contributed by atoms with Gasteiger partial charge in [-0.1, -0.05) is 0 Å². The maximum atomic E-state index is 11.1. The standard InChI is InChI=1S/C9H9N5O/c10-5-6-1-3-7(4-2-6)13-9(15)14-8(11)12/h1-4H,(H5,11,12,13,14,15). The predicted octanol–water partition coefficient (Wildman–Crippen LogP) is 0.364. The van der Waals surface area contributed by atoms with Gasteiger partial charge < -0.3 is 16.8 Å². The number of benzene rings is 1. The van der Waals surface area contributed by atoms with Crippen molar-refractivity contribution in [3.05, 3.63) is 29.8 Å². The number of urea groups is 1. The second kappa shape index (κ2) is 4.62. The summed E-state index contributed by atoms with van der Waals surface area (Å²) in [7, 11) is 0. The Kier molecular flexibility index (Phi) is 3.24. The summed E-state index contributed by atoms with van der Waals surface area (Å²) >= 11 is 0. The van der Waals surface area contributed by atoms with Gasteiger partial charge in [0.15, 0.2) is 5.96 Å². The molecule has 6 heteroatoms. The number of nitrogens with zero attached hydrogens (tertiary/aromatic N) is 2. The van der Waals surface area contributed by atoms with Gasteiger partial charge in [-0.3, -0.25) is 0 Å². The van der Waals surface area contributed by atoms with E-state index in [1.165, 1.54) is 0 Å². The summed E-state index contributed by atoms with van der Waals surface area (Å²) in [5, 5.41) is 11.0. The number of guanidine groups is 1. The van der Waals surface area contributed by atoms with Crippen molar-refractivity contribution in [2.75, 3.05) is 5.32 Å². The fourth-order valence-corrected chi connectivity index (χ4v) is 0.897. The van der Waals surface area contributed by atoms with E-state index in [4.69, 9.17) is 16.7 Å². The van der Waals surface area contributed by atoms with Crippen LogP contribution in [0.3, 0.4) is 0 Å². The highest BCUT2D eigenvalue weighted by atomic mass is 16.2. The van der Waals surface area contributed by atoms with Gasteiger partial charge in [-0.15, -0.1) is 0 Å². The molecule has 0 aliphatic carbocycles. The van der Waals surface area contributed by atoms with Crippen molar-refractivity contribution < 1.29 is 4.79 Å². The Morgan fingerprint density at radius 3 is 2.40 bits per heavy atom. The molecule has 1 rings (SSSR count). The zero-order valence-corrected chi connectivity index (χ0v) is 7.77. The van der Waals surface area contributed by atoms with Crippen LogP contribution in [0.25, 0.3) is 0 Å². The average Bonchev–Trinajstić information content (AvgIpc) is 2.17. The van der Waals surface area contributed by atoms with Crippen LogP contribution in [0.5, 0.6) is 0 Å². The lowest BCUT2D eigenvalue weighted by Crippen LogP contribution is -2.25. The Morgan fingerprint density at radius 1 is 1.33 bits per heavy atom. The molecule has 0 spiro atoms. The zero-order chi connectivity index (χ0) is 11.3. The number of rotatable bonds is 1. The fraction of sp³-hybridized carbons (Fsp3) is 0. The monoisotopic (exact) mass is 203 g/mol. The molecule has 1 aromatic rings. The van der Waals surface area contributed by atoms with Crippen molar-refractivity contribution in [2.24, 2.45) is 16.5 Å². The number of anilines is 1. The highest BCUT2D eigenvalue weighted by Gasteiger charge is 1.99. The first kappa shape index (κ1) is 10.5. The average molecular weight is 203 g/mol. The molecule has 0 aliphatic rings. The van der Waals surface area contributed by atoms with Gasteiger partial charge in [0.05, 0.1) is 11.6 Å². The normalized spacial score (nSPS) is 8.73. The van der Waals surface area contributed by atoms with Crippen molar-refractivity contribution in [2.45, 2.75) is 0 Å². The van der Waals surface area contributed by atoms with E-state index in [1.807, 2.05) is 6.07 Å². The highest BCUT2D eigenvalue weighted by molar-refractivity contribution is 5.98. The first-order chi connectivity index (χ1) is 7.11. The van der Waals surface area contributed by atoms with Crippen molar-refractivity contribution >= 4 is 17.7 Å². The quantitative estimate of drug-likeness (QED) is 0.451. The number of amides is 2. The van der Waals surface area contributed by atoms with Crippen LogP contribution >= 0.6 is 0 Å².